The van der Waals surface area contributed by atoms with Crippen molar-refractivity contribution in [3.8, 4) is 0 Å². The third kappa shape index (κ3) is 8.15. The van der Waals surface area contributed by atoms with Crippen molar-refractivity contribution in [3.63, 3.8) is 0 Å². The fourth-order valence-electron chi connectivity index (χ4n) is 4.65. The van der Waals surface area contributed by atoms with Gasteiger partial charge >= 0.3 is 5.97 Å². The van der Waals surface area contributed by atoms with Crippen molar-refractivity contribution in [2.75, 3.05) is 11.1 Å². The van der Waals surface area contributed by atoms with Gasteiger partial charge < -0.3 is 25.0 Å². The van der Waals surface area contributed by atoms with Crippen LogP contribution in [0.1, 0.15) is 61.2 Å². The lowest BCUT2D eigenvalue weighted by Gasteiger charge is -2.36. The number of nitrogens with zero attached hydrogens (tertiary/aromatic N) is 1. The van der Waals surface area contributed by atoms with Crippen LogP contribution in [0.3, 0.4) is 0 Å². The summed E-state index contributed by atoms with van der Waals surface area (Å²) in [5.74, 6) is -0.312. The Morgan fingerprint density at radius 3 is 2.56 bits per heavy atom. The van der Waals surface area contributed by atoms with Gasteiger partial charge in [-0.1, -0.05) is 60.3 Å². The van der Waals surface area contributed by atoms with Gasteiger partial charge in [-0.25, -0.2) is 4.98 Å². The zero-order chi connectivity index (χ0) is 28.6. The first-order valence-corrected chi connectivity index (χ1v) is 15.4. The van der Waals surface area contributed by atoms with Gasteiger partial charge in [0.05, 0.1) is 29.0 Å². The lowest BCUT2D eigenvalue weighted by Crippen LogP contribution is -2.31. The minimum absolute atomic E-state index is 0.0168. The molecule has 10 heteroatoms. The molecule has 1 saturated heterocycles. The number of carboxylic acids is 1. The third-order valence-corrected chi connectivity index (χ3v) is 9.08. The summed E-state index contributed by atoms with van der Waals surface area (Å²) >= 11 is 3.35. The molecule has 8 nitrogen and oxygen atoms in total. The summed E-state index contributed by atoms with van der Waals surface area (Å²) in [6, 6.07) is 23.3. The minimum atomic E-state index is -0.856. The van der Waals surface area contributed by atoms with Crippen LogP contribution in [0, 0.1) is 0 Å². The van der Waals surface area contributed by atoms with Crippen molar-refractivity contribution >= 4 is 50.9 Å². The summed E-state index contributed by atoms with van der Waals surface area (Å²) in [5, 5.41) is 21.1. The molecule has 41 heavy (non-hydrogen) atoms. The smallest absolute Gasteiger partial charge is 0.303 e. The predicted octanol–water partition coefficient (Wildman–Crippen LogP) is 6.71. The number of rotatable bonds is 12. The summed E-state index contributed by atoms with van der Waals surface area (Å²) in [4.78, 5) is 27.9. The number of thioether (sulfide) groups is 1. The van der Waals surface area contributed by atoms with Crippen molar-refractivity contribution in [1.29, 1.82) is 0 Å². The molecule has 3 atom stereocenters. The Balaban J connectivity index is 1.28. The quantitative estimate of drug-likeness (QED) is 0.123. The SMILES string of the molecule is O=C(O)CCCCC(=O)Nc1cccc([C@@H]2O[C@H](CSc3nc4ccccc4s3)C[C@H](c3ccc(CO)cc3)O2)c1. The van der Waals surface area contributed by atoms with E-state index in [1.54, 1.807) is 23.1 Å². The molecular formula is C31H32N2O6S2. The maximum atomic E-state index is 12.4. The summed E-state index contributed by atoms with van der Waals surface area (Å²) < 4.78 is 15.1. The van der Waals surface area contributed by atoms with Gasteiger partial charge in [0.1, 0.15) is 0 Å². The van der Waals surface area contributed by atoms with Crippen molar-refractivity contribution in [2.24, 2.45) is 0 Å². The van der Waals surface area contributed by atoms with Crippen LogP contribution < -0.4 is 5.32 Å². The molecule has 2 heterocycles. The Morgan fingerprint density at radius 2 is 1.78 bits per heavy atom. The van der Waals surface area contributed by atoms with E-state index in [9.17, 15) is 14.7 Å². The zero-order valence-electron chi connectivity index (χ0n) is 22.4. The molecule has 3 aromatic carbocycles. The van der Waals surface area contributed by atoms with Gasteiger partial charge in [-0.05, 0) is 48.2 Å². The highest BCUT2D eigenvalue weighted by atomic mass is 32.2. The van der Waals surface area contributed by atoms with Gasteiger partial charge in [0.2, 0.25) is 5.91 Å². The van der Waals surface area contributed by atoms with Crippen molar-refractivity contribution in [2.45, 2.75) is 61.5 Å². The van der Waals surface area contributed by atoms with E-state index in [-0.39, 0.29) is 37.6 Å². The van der Waals surface area contributed by atoms with Gasteiger partial charge in [0.25, 0.3) is 0 Å². The number of unbranched alkanes of at least 4 members (excludes halogenated alkanes) is 1. The number of para-hydroxylation sites is 1. The topological polar surface area (TPSA) is 118 Å². The van der Waals surface area contributed by atoms with Gasteiger partial charge in [-0.15, -0.1) is 11.3 Å². The number of nitrogens with one attached hydrogen (secondary N) is 1. The summed E-state index contributed by atoms with van der Waals surface area (Å²) in [5.41, 5.74) is 4.27. The van der Waals surface area contributed by atoms with Crippen LogP contribution in [0.4, 0.5) is 5.69 Å². The number of amides is 1. The number of aliphatic hydroxyl groups excluding tert-OH is 1. The molecule has 0 spiro atoms. The van der Waals surface area contributed by atoms with E-state index >= 15 is 0 Å². The lowest BCUT2D eigenvalue weighted by molar-refractivity contribution is -0.245. The molecule has 1 amide bonds. The predicted molar refractivity (Wildman–Crippen MR) is 160 cm³/mol. The number of carbonyl (C=O) groups excluding carboxylic acids is 1. The van der Waals surface area contributed by atoms with Crippen molar-refractivity contribution in [1.82, 2.24) is 4.98 Å². The van der Waals surface area contributed by atoms with Crippen LogP contribution >= 0.6 is 23.1 Å². The highest BCUT2D eigenvalue weighted by Crippen LogP contribution is 2.40. The Morgan fingerprint density at radius 1 is 0.976 bits per heavy atom. The first-order chi connectivity index (χ1) is 20.0. The highest BCUT2D eigenvalue weighted by molar-refractivity contribution is 8.01. The normalized spacial score (nSPS) is 18.8. The van der Waals surface area contributed by atoms with Crippen molar-refractivity contribution < 1.29 is 29.3 Å². The van der Waals surface area contributed by atoms with E-state index in [1.165, 1.54) is 0 Å². The van der Waals surface area contributed by atoms with E-state index in [2.05, 4.69) is 11.4 Å². The molecule has 1 aliphatic rings. The average molecular weight is 593 g/mol. The maximum Gasteiger partial charge on any atom is 0.303 e. The van der Waals surface area contributed by atoms with Gasteiger partial charge in [0, 0.05) is 36.3 Å². The molecule has 0 aliphatic carbocycles. The average Bonchev–Trinajstić information content (AvgIpc) is 3.41. The summed E-state index contributed by atoms with van der Waals surface area (Å²) in [6.45, 7) is -0.0168. The molecule has 0 saturated carbocycles. The van der Waals surface area contributed by atoms with Crippen LogP contribution in [0.15, 0.2) is 77.1 Å². The molecule has 5 rings (SSSR count). The number of carboxylic acid groups (broad SMARTS) is 1. The lowest BCUT2D eigenvalue weighted by atomic mass is 10.0. The Bertz CT molecular complexity index is 1440. The number of aliphatic hydroxyl groups is 1. The number of aliphatic carboxylic acids is 1. The summed E-state index contributed by atoms with van der Waals surface area (Å²) in [7, 11) is 0. The number of anilines is 1. The molecule has 0 radical (unpaired) electrons. The number of benzene rings is 3. The van der Waals surface area contributed by atoms with Crippen molar-refractivity contribution in [3.05, 3.63) is 89.5 Å². The van der Waals surface area contributed by atoms with Gasteiger partial charge in [0.15, 0.2) is 10.6 Å². The molecule has 4 aromatic rings. The first kappa shape index (κ1) is 29.2. The second-order valence-corrected chi connectivity index (χ2v) is 12.2. The van der Waals surface area contributed by atoms with E-state index < -0.39 is 12.3 Å². The molecule has 3 N–H and O–H groups in total. The number of thiazole rings is 1. The molecule has 1 aromatic heterocycles. The van der Waals surface area contributed by atoms with Gasteiger partial charge in [-0.2, -0.15) is 0 Å². The summed E-state index contributed by atoms with van der Waals surface area (Å²) in [6.07, 6.45) is 0.989. The molecular weight excluding hydrogens is 560 g/mol. The fourth-order valence-corrected chi connectivity index (χ4v) is 6.76. The Hall–Kier alpha value is -3.28. The standard InChI is InChI=1S/C31H32N2O6S2/c34-18-20-12-14-21(15-13-20)26-17-24(19-40-31-33-25-8-1-2-9-27(25)41-31)38-30(39-26)22-6-5-7-23(16-22)32-28(35)10-3-4-11-29(36)37/h1-2,5-9,12-16,24,26,30,34H,3-4,10-11,17-19H2,(H,32,35)(H,36,37)/t24-,26+,30+/m0/s1. The maximum absolute atomic E-state index is 12.4. The van der Waals surface area contributed by atoms with E-state index in [4.69, 9.17) is 19.6 Å². The number of hydrogen-bond donors (Lipinski definition) is 3. The second kappa shape index (κ2) is 14.1. The Labute approximate surface area is 246 Å². The van der Waals surface area contributed by atoms with Crippen LogP contribution in [0.2, 0.25) is 0 Å². The largest absolute Gasteiger partial charge is 0.481 e. The van der Waals surface area contributed by atoms with E-state index in [0.717, 1.165) is 31.2 Å². The molecule has 0 unspecified atom stereocenters. The number of carbonyl (C=O) groups is 2. The third-order valence-electron chi connectivity index (χ3n) is 6.77. The minimum Gasteiger partial charge on any atom is -0.481 e. The monoisotopic (exact) mass is 592 g/mol. The molecule has 1 aliphatic heterocycles. The fraction of sp³-hybridized carbons (Fsp3) is 0.323. The van der Waals surface area contributed by atoms with Gasteiger partial charge in [-0.3, -0.25) is 9.59 Å². The number of hydrogen-bond acceptors (Lipinski definition) is 8. The molecule has 214 valence electrons. The van der Waals surface area contributed by atoms with Crippen LogP contribution in [-0.4, -0.2) is 38.9 Å². The second-order valence-electron chi connectivity index (χ2n) is 9.88. The van der Waals surface area contributed by atoms with Crippen LogP contribution in [-0.2, 0) is 25.7 Å². The zero-order valence-corrected chi connectivity index (χ0v) is 24.0. The van der Waals surface area contributed by atoms with E-state index in [0.29, 0.717) is 30.7 Å². The first-order valence-electron chi connectivity index (χ1n) is 13.6. The number of fused-ring (bicyclic) bond motifs is 1. The number of aromatic nitrogens is 1. The molecule has 1 fully saturated rings. The van der Waals surface area contributed by atoms with Crippen LogP contribution in [0.25, 0.3) is 10.2 Å². The molecule has 0 bridgehead atoms. The van der Waals surface area contributed by atoms with E-state index in [1.807, 2.05) is 66.7 Å². The Kier molecular flexibility index (Phi) is 10.0. The number of ether oxygens (including phenoxy) is 2. The highest BCUT2D eigenvalue weighted by Gasteiger charge is 2.32. The van der Waals surface area contributed by atoms with Crippen LogP contribution in [0.5, 0.6) is 0 Å².